The van der Waals surface area contributed by atoms with E-state index in [9.17, 15) is 44.9 Å². The van der Waals surface area contributed by atoms with Gasteiger partial charge in [0, 0.05) is 12.1 Å². The lowest BCUT2D eigenvalue weighted by Gasteiger charge is -2.21. The molecule has 0 aliphatic rings. The van der Waals surface area contributed by atoms with E-state index in [1.54, 1.807) is 0 Å². The van der Waals surface area contributed by atoms with Gasteiger partial charge in [0.25, 0.3) is 15.5 Å². The molecule has 0 aliphatic heterocycles. The summed E-state index contributed by atoms with van der Waals surface area (Å²) < 4.78 is 96.9. The van der Waals surface area contributed by atoms with E-state index >= 15 is 0 Å². The van der Waals surface area contributed by atoms with E-state index < -0.39 is 49.4 Å². The summed E-state index contributed by atoms with van der Waals surface area (Å²) >= 11 is 0. The summed E-state index contributed by atoms with van der Waals surface area (Å²) in [6, 6.07) is 3.07. The van der Waals surface area contributed by atoms with E-state index in [4.69, 9.17) is 0 Å². The number of hydrogen-bond donors (Lipinski definition) is 0. The second kappa shape index (κ2) is 5.74. The first kappa shape index (κ1) is 18.2. The second-order valence-corrected chi connectivity index (χ2v) is 6.27. The lowest BCUT2D eigenvalue weighted by atomic mass is 10.1. The van der Waals surface area contributed by atoms with Gasteiger partial charge in [0.2, 0.25) is 0 Å². The lowest BCUT2D eigenvalue weighted by Crippen LogP contribution is -2.45. The number of rotatable bonds is 4. The van der Waals surface area contributed by atoms with Crippen LogP contribution in [0.5, 0.6) is 0 Å². The van der Waals surface area contributed by atoms with Crippen molar-refractivity contribution in [2.45, 2.75) is 23.4 Å². The Hall–Kier alpha value is -1.85. The van der Waals surface area contributed by atoms with Crippen LogP contribution in [0.15, 0.2) is 24.3 Å². The van der Waals surface area contributed by atoms with Crippen molar-refractivity contribution in [2.24, 2.45) is 0 Å². The molecule has 1 rings (SSSR count). The van der Waals surface area contributed by atoms with E-state index in [1.807, 2.05) is 0 Å². The van der Waals surface area contributed by atoms with E-state index in [1.165, 1.54) is 0 Å². The number of benzene rings is 1. The summed E-state index contributed by atoms with van der Waals surface area (Å²) in [5.74, 6) is 0. The molecule has 0 saturated heterocycles. The van der Waals surface area contributed by atoms with Crippen LogP contribution in [0.3, 0.4) is 0 Å². The summed E-state index contributed by atoms with van der Waals surface area (Å²) in [5, 5.41) is 6.69. The van der Waals surface area contributed by atoms with Gasteiger partial charge in [-0.05, 0) is 12.0 Å². The van der Waals surface area contributed by atoms with Crippen LogP contribution in [-0.2, 0) is 16.3 Å². The van der Waals surface area contributed by atoms with Crippen molar-refractivity contribution >= 4 is 15.5 Å². The Balaban J connectivity index is 3.19. The molecule has 0 aliphatic carbocycles. The molecule has 22 heavy (non-hydrogen) atoms. The normalized spacial score (nSPS) is 14.6. The number of alkyl halides is 6. The third-order valence-corrected chi connectivity index (χ3v) is 4.46. The Bertz CT molecular complexity index is 649. The third kappa shape index (κ3) is 3.87. The van der Waals surface area contributed by atoms with Crippen molar-refractivity contribution in [3.05, 3.63) is 39.9 Å². The highest BCUT2D eigenvalue weighted by atomic mass is 32.2. The Labute approximate surface area is 119 Å². The third-order valence-electron chi connectivity index (χ3n) is 2.63. The Morgan fingerprint density at radius 3 is 1.82 bits per heavy atom. The number of non-ortho nitro benzene ring substituents is 1. The summed E-state index contributed by atoms with van der Waals surface area (Å²) in [7, 11) is -6.48. The Morgan fingerprint density at radius 2 is 1.50 bits per heavy atom. The molecular weight excluding hydrogens is 344 g/mol. The molecule has 5 nitrogen and oxygen atoms in total. The zero-order chi connectivity index (χ0) is 17.3. The Morgan fingerprint density at radius 1 is 1.05 bits per heavy atom. The molecule has 1 atom stereocenters. The minimum Gasteiger partial charge on any atom is -0.258 e. The molecule has 1 unspecified atom stereocenters. The maximum absolute atomic E-state index is 12.7. The first-order valence-electron chi connectivity index (χ1n) is 5.37. The number of sulfone groups is 1. The number of nitro groups is 1. The van der Waals surface area contributed by atoms with Gasteiger partial charge in [0.15, 0.2) is 5.25 Å². The summed E-state index contributed by atoms with van der Waals surface area (Å²) in [4.78, 5) is 9.50. The van der Waals surface area contributed by atoms with Crippen LogP contribution in [0.4, 0.5) is 32.0 Å². The zero-order valence-corrected chi connectivity index (χ0v) is 11.2. The maximum atomic E-state index is 12.7. The molecule has 0 saturated carbocycles. The topological polar surface area (TPSA) is 77.3 Å². The van der Waals surface area contributed by atoms with Crippen LogP contribution >= 0.6 is 0 Å². The van der Waals surface area contributed by atoms with Crippen molar-refractivity contribution < 1.29 is 39.7 Å². The predicted molar refractivity (Wildman–Crippen MR) is 61.6 cm³/mol. The molecule has 0 aromatic heterocycles. The standard InChI is InChI=1S/C10H7F6NO4S/c11-9(12,13)8(22(20,21)10(14,15)16)5-6-1-3-7(4-2-6)17(18)19/h1-4,8H,5H2. The van der Waals surface area contributed by atoms with Crippen LogP contribution in [0.25, 0.3) is 0 Å². The minimum absolute atomic E-state index is 0.430. The highest BCUT2D eigenvalue weighted by Crippen LogP contribution is 2.37. The molecule has 0 heterocycles. The van der Waals surface area contributed by atoms with Gasteiger partial charge < -0.3 is 0 Å². The van der Waals surface area contributed by atoms with E-state index in [2.05, 4.69) is 0 Å². The van der Waals surface area contributed by atoms with Gasteiger partial charge in [0.1, 0.15) is 0 Å². The maximum Gasteiger partial charge on any atom is 0.498 e. The smallest absolute Gasteiger partial charge is 0.258 e. The van der Waals surface area contributed by atoms with Gasteiger partial charge in [-0.25, -0.2) is 8.42 Å². The van der Waals surface area contributed by atoms with Gasteiger partial charge in [-0.15, -0.1) is 0 Å². The summed E-state index contributed by atoms with van der Waals surface area (Å²) in [5.41, 5.74) is -6.99. The Kier molecular flexibility index (Phi) is 4.75. The average molecular weight is 351 g/mol. The zero-order valence-electron chi connectivity index (χ0n) is 10.4. The molecule has 1 aromatic carbocycles. The number of nitrogens with zero attached hydrogens (tertiary/aromatic N) is 1. The number of halogens is 6. The number of nitro benzene ring substituents is 1. The molecule has 0 amide bonds. The largest absolute Gasteiger partial charge is 0.498 e. The van der Waals surface area contributed by atoms with E-state index in [0.29, 0.717) is 0 Å². The molecule has 0 fully saturated rings. The highest BCUT2D eigenvalue weighted by molar-refractivity contribution is 7.92. The first-order chi connectivity index (χ1) is 9.76. The molecule has 0 spiro atoms. The van der Waals surface area contributed by atoms with Gasteiger partial charge >= 0.3 is 11.7 Å². The van der Waals surface area contributed by atoms with Crippen LogP contribution in [0.1, 0.15) is 5.56 Å². The van der Waals surface area contributed by atoms with Crippen LogP contribution in [0, 0.1) is 10.1 Å². The fourth-order valence-corrected chi connectivity index (χ4v) is 2.62. The molecule has 1 aromatic rings. The summed E-state index contributed by atoms with van der Waals surface area (Å²) in [6.45, 7) is 0. The summed E-state index contributed by atoms with van der Waals surface area (Å²) in [6.07, 6.45) is -7.14. The molecule has 124 valence electrons. The first-order valence-corrected chi connectivity index (χ1v) is 6.91. The molecular formula is C10H7F6NO4S. The van der Waals surface area contributed by atoms with E-state index in [0.717, 1.165) is 24.3 Å². The fraction of sp³-hybridized carbons (Fsp3) is 0.400. The molecule has 12 heteroatoms. The van der Waals surface area contributed by atoms with Crippen LogP contribution < -0.4 is 0 Å². The second-order valence-electron chi connectivity index (χ2n) is 4.15. The predicted octanol–water partition coefficient (Wildman–Crippen LogP) is 3.00. The van der Waals surface area contributed by atoms with Gasteiger partial charge in [-0.2, -0.15) is 26.3 Å². The monoisotopic (exact) mass is 351 g/mol. The lowest BCUT2D eigenvalue weighted by molar-refractivity contribution is -0.384. The van der Waals surface area contributed by atoms with Crippen molar-refractivity contribution in [1.29, 1.82) is 0 Å². The minimum atomic E-state index is -6.48. The van der Waals surface area contributed by atoms with E-state index in [-0.39, 0.29) is 0 Å². The fourth-order valence-electron chi connectivity index (χ4n) is 1.53. The van der Waals surface area contributed by atoms with Crippen LogP contribution in [-0.4, -0.2) is 30.3 Å². The SMILES string of the molecule is O=[N+]([O-])c1ccc(CC(C(F)(F)F)S(=O)(=O)C(F)(F)F)cc1. The van der Waals surface area contributed by atoms with Gasteiger partial charge in [-0.3, -0.25) is 10.1 Å². The van der Waals surface area contributed by atoms with Crippen LogP contribution in [0.2, 0.25) is 0 Å². The molecule has 0 bridgehead atoms. The highest BCUT2D eigenvalue weighted by Gasteiger charge is 2.60. The van der Waals surface area contributed by atoms with Crippen molar-refractivity contribution in [2.75, 3.05) is 0 Å². The number of hydrogen-bond acceptors (Lipinski definition) is 4. The quantitative estimate of drug-likeness (QED) is 0.475. The van der Waals surface area contributed by atoms with Crippen molar-refractivity contribution in [3.8, 4) is 0 Å². The van der Waals surface area contributed by atoms with Crippen molar-refractivity contribution in [1.82, 2.24) is 0 Å². The molecule has 0 N–H and O–H groups in total. The molecule has 0 radical (unpaired) electrons. The average Bonchev–Trinajstić information content (AvgIpc) is 2.33. The van der Waals surface area contributed by atoms with Gasteiger partial charge in [0.05, 0.1) is 4.92 Å². The van der Waals surface area contributed by atoms with Crippen molar-refractivity contribution in [3.63, 3.8) is 0 Å². The van der Waals surface area contributed by atoms with Gasteiger partial charge in [-0.1, -0.05) is 12.1 Å².